The number of nitrogens with zero attached hydrogens (tertiary/aromatic N) is 10. The SMILES string of the molecule is CCn1nnc([C@H]2O[C@@H](n3cnc4c(NCC(c5ccccc5)c5ccccc5)nc(N5CC[C@@H](Nc6ccc(C)cn6)C5)nc43)[C@H](OC(=O)C(F)(F)F)[C@@H]2O)n1. The van der Waals surface area contributed by atoms with E-state index in [2.05, 4.69) is 36.0 Å². The molecule has 19 heteroatoms. The molecule has 5 atom stereocenters. The summed E-state index contributed by atoms with van der Waals surface area (Å²) in [6.07, 6.45) is -8.14. The summed E-state index contributed by atoms with van der Waals surface area (Å²) >= 11 is 0. The van der Waals surface area contributed by atoms with Crippen LogP contribution in [0.2, 0.25) is 0 Å². The topological polar surface area (TPSA) is 183 Å². The quantitative estimate of drug-likeness (QED) is 0.147. The Hall–Kier alpha value is -6.21. The highest BCUT2D eigenvalue weighted by Crippen LogP contribution is 2.42. The second-order valence-electron chi connectivity index (χ2n) is 13.9. The number of aromatic nitrogens is 9. The van der Waals surface area contributed by atoms with Crippen LogP contribution in [0.4, 0.5) is 30.8 Å². The van der Waals surface area contributed by atoms with Gasteiger partial charge in [0, 0.05) is 37.8 Å². The first-order valence-electron chi connectivity index (χ1n) is 18.5. The van der Waals surface area contributed by atoms with Gasteiger partial charge in [-0.05, 0) is 48.2 Å². The Morgan fingerprint density at radius 2 is 1.77 bits per heavy atom. The number of halogens is 3. The number of nitrogens with one attached hydrogen (secondary N) is 2. The maximum absolute atomic E-state index is 13.6. The van der Waals surface area contributed by atoms with E-state index in [9.17, 15) is 23.1 Å². The highest BCUT2D eigenvalue weighted by atomic mass is 19.4. The van der Waals surface area contributed by atoms with Crippen molar-refractivity contribution in [3.63, 3.8) is 0 Å². The number of pyridine rings is 1. The zero-order chi connectivity index (χ0) is 39.7. The summed E-state index contributed by atoms with van der Waals surface area (Å²) in [4.78, 5) is 34.4. The van der Waals surface area contributed by atoms with Gasteiger partial charge in [0.05, 0.1) is 12.9 Å². The Labute approximate surface area is 324 Å². The molecule has 16 nitrogen and oxygen atoms in total. The summed E-state index contributed by atoms with van der Waals surface area (Å²) in [5.74, 6) is -1.30. The van der Waals surface area contributed by atoms with Crippen LogP contribution in [-0.2, 0) is 20.8 Å². The van der Waals surface area contributed by atoms with Gasteiger partial charge in [0.15, 0.2) is 35.4 Å². The highest BCUT2D eigenvalue weighted by Gasteiger charge is 2.53. The van der Waals surface area contributed by atoms with E-state index >= 15 is 0 Å². The van der Waals surface area contributed by atoms with Crippen LogP contribution in [0.25, 0.3) is 11.2 Å². The Morgan fingerprint density at radius 1 is 1.04 bits per heavy atom. The minimum Gasteiger partial charge on any atom is -0.448 e. The van der Waals surface area contributed by atoms with Gasteiger partial charge < -0.3 is 30.1 Å². The van der Waals surface area contributed by atoms with Crippen molar-refractivity contribution in [1.29, 1.82) is 0 Å². The fourth-order valence-electron chi connectivity index (χ4n) is 7.08. The lowest BCUT2D eigenvalue weighted by Crippen LogP contribution is -2.38. The van der Waals surface area contributed by atoms with Gasteiger partial charge in [-0.25, -0.2) is 14.8 Å². The molecule has 2 saturated heterocycles. The molecule has 2 fully saturated rings. The number of carbonyl (C=O) groups excluding carboxylic acids is 1. The Bertz CT molecular complexity index is 2270. The molecular weight excluding hydrogens is 745 g/mol. The second-order valence-corrected chi connectivity index (χ2v) is 13.9. The number of aryl methyl sites for hydroxylation is 2. The molecule has 3 N–H and O–H groups in total. The molecule has 0 bridgehead atoms. The van der Waals surface area contributed by atoms with E-state index in [1.165, 1.54) is 15.7 Å². The molecule has 0 saturated carbocycles. The van der Waals surface area contributed by atoms with Crippen LogP contribution in [0, 0.1) is 6.92 Å². The Balaban J connectivity index is 1.17. The number of hydrogen-bond donors (Lipinski definition) is 3. The average Bonchev–Trinajstić information content (AvgIpc) is 4.03. The largest absolute Gasteiger partial charge is 0.490 e. The molecule has 296 valence electrons. The van der Waals surface area contributed by atoms with Gasteiger partial charge in [-0.1, -0.05) is 66.7 Å². The van der Waals surface area contributed by atoms with Gasteiger partial charge in [-0.2, -0.15) is 27.9 Å². The molecule has 8 rings (SSSR count). The van der Waals surface area contributed by atoms with Crippen LogP contribution >= 0.6 is 0 Å². The number of tetrazole rings is 1. The molecular formula is C38H39F3N12O4. The number of alkyl halides is 3. The number of esters is 1. The number of hydrogen-bond acceptors (Lipinski definition) is 14. The average molecular weight is 785 g/mol. The minimum atomic E-state index is -5.35. The zero-order valence-corrected chi connectivity index (χ0v) is 30.9. The third-order valence-electron chi connectivity index (χ3n) is 9.99. The highest BCUT2D eigenvalue weighted by molar-refractivity contribution is 5.84. The van der Waals surface area contributed by atoms with Crippen LogP contribution in [0.15, 0.2) is 85.3 Å². The third-order valence-corrected chi connectivity index (χ3v) is 9.99. The van der Waals surface area contributed by atoms with E-state index in [0.29, 0.717) is 37.9 Å². The van der Waals surface area contributed by atoms with Crippen molar-refractivity contribution in [2.45, 2.75) is 69.5 Å². The summed E-state index contributed by atoms with van der Waals surface area (Å²) in [6, 6.07) is 23.9. The number of rotatable bonds is 12. The maximum atomic E-state index is 13.6. The van der Waals surface area contributed by atoms with Crippen molar-refractivity contribution in [3.8, 4) is 0 Å². The van der Waals surface area contributed by atoms with Crippen molar-refractivity contribution in [2.75, 3.05) is 35.2 Å². The molecule has 6 aromatic rings. The number of benzene rings is 2. The predicted molar refractivity (Wildman–Crippen MR) is 200 cm³/mol. The third kappa shape index (κ3) is 7.92. The fourth-order valence-corrected chi connectivity index (χ4v) is 7.08. The summed E-state index contributed by atoms with van der Waals surface area (Å²) in [5, 5.41) is 30.3. The second kappa shape index (κ2) is 15.7. The lowest BCUT2D eigenvalue weighted by atomic mass is 9.91. The van der Waals surface area contributed by atoms with E-state index in [0.717, 1.165) is 28.9 Å². The van der Waals surface area contributed by atoms with Crippen molar-refractivity contribution in [1.82, 2.24) is 44.7 Å². The first kappa shape index (κ1) is 37.7. The van der Waals surface area contributed by atoms with Gasteiger partial charge in [0.2, 0.25) is 11.8 Å². The number of aliphatic hydroxyl groups excluding tert-OH is 1. The molecule has 57 heavy (non-hydrogen) atoms. The fraction of sp³-hybridized carbons (Fsp3) is 0.368. The van der Waals surface area contributed by atoms with Gasteiger partial charge in [-0.3, -0.25) is 4.57 Å². The Kier molecular flexibility index (Phi) is 10.4. The lowest BCUT2D eigenvalue weighted by Gasteiger charge is -2.23. The number of anilines is 3. The predicted octanol–water partition coefficient (Wildman–Crippen LogP) is 4.58. The molecule has 0 amide bonds. The van der Waals surface area contributed by atoms with Gasteiger partial charge in [0.25, 0.3) is 0 Å². The van der Waals surface area contributed by atoms with Crippen LogP contribution in [0.1, 0.15) is 54.1 Å². The normalized spacial score (nSPS) is 21.0. The molecule has 4 aromatic heterocycles. The number of ether oxygens (including phenoxy) is 2. The van der Waals surface area contributed by atoms with Crippen molar-refractivity contribution < 1.29 is 32.5 Å². The summed E-state index contributed by atoms with van der Waals surface area (Å²) < 4.78 is 53.2. The lowest BCUT2D eigenvalue weighted by molar-refractivity contribution is -0.211. The molecule has 0 aliphatic carbocycles. The van der Waals surface area contributed by atoms with Gasteiger partial charge in [-0.15, -0.1) is 10.2 Å². The number of aliphatic hydroxyl groups is 1. The molecule has 2 aliphatic rings. The first-order valence-corrected chi connectivity index (χ1v) is 18.5. The standard InChI is InChI=1S/C38H39F3N12O4/c1-3-53-49-33(48-50-53)30-29(54)31(57-36(55)38(39,40)41)35(56-30)52-21-44-28-32(43-19-26(23-10-6-4-7-11-23)24-12-8-5-9-13-24)46-37(47-34(28)52)51-17-16-25(20-51)45-27-15-14-22(2)18-42-27/h4-15,18,21,25-26,29-31,35,54H,3,16-17,19-20H2,1-2H3,(H,42,45)(H,43,46,47)/t25-,29-,30+,31-,35-/m1/s1. The van der Waals surface area contributed by atoms with Crippen LogP contribution in [-0.4, -0.2) is 99.8 Å². The summed E-state index contributed by atoms with van der Waals surface area (Å²) in [5.41, 5.74) is 3.60. The number of imidazole rings is 1. The van der Waals surface area contributed by atoms with Crippen molar-refractivity contribution >= 4 is 34.7 Å². The molecule has 2 aliphatic heterocycles. The van der Waals surface area contributed by atoms with Crippen LogP contribution in [0.3, 0.4) is 0 Å². The number of fused-ring (bicyclic) bond motifs is 1. The first-order chi connectivity index (χ1) is 27.6. The molecule has 0 unspecified atom stereocenters. The zero-order valence-electron chi connectivity index (χ0n) is 30.9. The van der Waals surface area contributed by atoms with E-state index in [1.807, 2.05) is 84.6 Å². The van der Waals surface area contributed by atoms with Gasteiger partial charge in [0.1, 0.15) is 11.9 Å². The number of carbonyl (C=O) groups is 1. The van der Waals surface area contributed by atoms with E-state index in [-0.39, 0.29) is 28.9 Å². The summed E-state index contributed by atoms with van der Waals surface area (Å²) in [7, 11) is 0. The molecule has 2 aromatic carbocycles. The smallest absolute Gasteiger partial charge is 0.448 e. The minimum absolute atomic E-state index is 0.00522. The maximum Gasteiger partial charge on any atom is 0.490 e. The van der Waals surface area contributed by atoms with Gasteiger partial charge >= 0.3 is 12.1 Å². The monoisotopic (exact) mass is 784 g/mol. The summed E-state index contributed by atoms with van der Waals surface area (Å²) in [6.45, 7) is 5.53. The van der Waals surface area contributed by atoms with E-state index in [4.69, 9.17) is 19.4 Å². The Morgan fingerprint density at radius 3 is 2.42 bits per heavy atom. The van der Waals surface area contributed by atoms with Crippen molar-refractivity contribution in [3.05, 3.63) is 108 Å². The van der Waals surface area contributed by atoms with Crippen molar-refractivity contribution in [2.24, 2.45) is 0 Å². The van der Waals surface area contributed by atoms with Crippen LogP contribution in [0.5, 0.6) is 0 Å². The van der Waals surface area contributed by atoms with E-state index < -0.39 is 36.7 Å². The molecule has 6 heterocycles. The molecule has 0 spiro atoms. The van der Waals surface area contributed by atoms with Crippen LogP contribution < -0.4 is 15.5 Å². The molecule has 0 radical (unpaired) electrons. The van der Waals surface area contributed by atoms with E-state index in [1.54, 1.807) is 13.1 Å².